The maximum atomic E-state index is 13.0. The first-order valence-electron chi connectivity index (χ1n) is 10.9. The zero-order valence-corrected chi connectivity index (χ0v) is 17.8. The number of carbonyl (C=O) groups excluding carboxylic acids is 2. The number of nitrogens with zero attached hydrogens (tertiary/aromatic N) is 1. The Bertz CT molecular complexity index is 895. The summed E-state index contributed by atoms with van der Waals surface area (Å²) in [4.78, 5) is 30.6. The van der Waals surface area contributed by atoms with Crippen molar-refractivity contribution in [2.24, 2.45) is 11.8 Å². The highest BCUT2D eigenvalue weighted by molar-refractivity contribution is 5.98. The van der Waals surface area contributed by atoms with E-state index in [0.717, 1.165) is 48.9 Å². The molecule has 0 saturated carbocycles. The van der Waals surface area contributed by atoms with Gasteiger partial charge in [-0.2, -0.15) is 0 Å². The van der Waals surface area contributed by atoms with Crippen molar-refractivity contribution < 1.29 is 19.1 Å². The van der Waals surface area contributed by atoms with E-state index in [0.29, 0.717) is 31.2 Å². The summed E-state index contributed by atoms with van der Waals surface area (Å²) in [5, 5.41) is 4.04. The highest BCUT2D eigenvalue weighted by Gasteiger charge is 2.31. The molecule has 2 atom stereocenters. The fourth-order valence-corrected chi connectivity index (χ4v) is 4.52. The van der Waals surface area contributed by atoms with Crippen molar-refractivity contribution in [2.45, 2.75) is 38.7 Å². The number of ether oxygens (including phenoxy) is 2. The third-order valence-electron chi connectivity index (χ3n) is 6.54. The SMILES string of the molecule is COc1ccc2cc(C(=O)N3CCC([C@H](C)C(=O)NC[C@@H]4CCCO4)CC3)[nH]c2c1. The molecule has 0 aliphatic carbocycles. The summed E-state index contributed by atoms with van der Waals surface area (Å²) in [6.07, 6.45) is 3.95. The predicted molar refractivity (Wildman–Crippen MR) is 115 cm³/mol. The summed E-state index contributed by atoms with van der Waals surface area (Å²) in [5.41, 5.74) is 1.49. The number of likely N-dealkylation sites (tertiary alicyclic amines) is 1. The molecule has 3 heterocycles. The van der Waals surface area contributed by atoms with E-state index in [-0.39, 0.29) is 23.8 Å². The molecule has 30 heavy (non-hydrogen) atoms. The molecule has 2 amide bonds. The van der Waals surface area contributed by atoms with E-state index >= 15 is 0 Å². The van der Waals surface area contributed by atoms with E-state index in [9.17, 15) is 9.59 Å². The second-order valence-electron chi connectivity index (χ2n) is 8.43. The van der Waals surface area contributed by atoms with E-state index in [2.05, 4.69) is 10.3 Å². The van der Waals surface area contributed by atoms with E-state index in [1.54, 1.807) is 7.11 Å². The Hall–Kier alpha value is -2.54. The van der Waals surface area contributed by atoms with Crippen LogP contribution in [0, 0.1) is 11.8 Å². The second-order valence-corrected chi connectivity index (χ2v) is 8.43. The van der Waals surface area contributed by atoms with Gasteiger partial charge < -0.3 is 24.7 Å². The number of fused-ring (bicyclic) bond motifs is 1. The summed E-state index contributed by atoms with van der Waals surface area (Å²) in [6.45, 7) is 4.74. The van der Waals surface area contributed by atoms with Crippen LogP contribution in [0.25, 0.3) is 10.9 Å². The predicted octanol–water partition coefficient (Wildman–Crippen LogP) is 2.96. The number of benzene rings is 1. The molecule has 0 unspecified atom stereocenters. The maximum absolute atomic E-state index is 13.0. The molecule has 2 aliphatic rings. The van der Waals surface area contributed by atoms with Crippen LogP contribution in [0.3, 0.4) is 0 Å². The summed E-state index contributed by atoms with van der Waals surface area (Å²) in [6, 6.07) is 7.63. The van der Waals surface area contributed by atoms with Crippen molar-refractivity contribution in [3.05, 3.63) is 30.0 Å². The van der Waals surface area contributed by atoms with Gasteiger partial charge in [-0.15, -0.1) is 0 Å². The number of aromatic amines is 1. The first-order chi connectivity index (χ1) is 14.5. The van der Waals surface area contributed by atoms with Crippen LogP contribution >= 0.6 is 0 Å². The molecule has 1 aromatic heterocycles. The van der Waals surface area contributed by atoms with E-state index in [4.69, 9.17) is 9.47 Å². The van der Waals surface area contributed by atoms with Crippen molar-refractivity contribution in [3.63, 3.8) is 0 Å². The number of methoxy groups -OCH3 is 1. The zero-order chi connectivity index (χ0) is 21.1. The molecule has 1 aromatic carbocycles. The number of piperidine rings is 1. The highest BCUT2D eigenvalue weighted by Crippen LogP contribution is 2.27. The van der Waals surface area contributed by atoms with Gasteiger partial charge in [0, 0.05) is 49.1 Å². The van der Waals surface area contributed by atoms with Crippen LogP contribution in [0.15, 0.2) is 24.3 Å². The summed E-state index contributed by atoms with van der Waals surface area (Å²) in [7, 11) is 1.63. The van der Waals surface area contributed by atoms with Crippen LogP contribution < -0.4 is 10.1 Å². The Morgan fingerprint density at radius 2 is 2.07 bits per heavy atom. The zero-order valence-electron chi connectivity index (χ0n) is 17.8. The maximum Gasteiger partial charge on any atom is 0.270 e. The lowest BCUT2D eigenvalue weighted by atomic mass is 9.84. The van der Waals surface area contributed by atoms with E-state index < -0.39 is 0 Å². The van der Waals surface area contributed by atoms with E-state index in [1.807, 2.05) is 36.1 Å². The van der Waals surface area contributed by atoms with Crippen molar-refractivity contribution in [1.29, 1.82) is 0 Å². The number of hydrogen-bond acceptors (Lipinski definition) is 4. The van der Waals surface area contributed by atoms with Crippen LogP contribution in [0.5, 0.6) is 5.75 Å². The minimum absolute atomic E-state index is 0.0131. The summed E-state index contributed by atoms with van der Waals surface area (Å²) >= 11 is 0. The van der Waals surface area contributed by atoms with Crippen molar-refractivity contribution in [3.8, 4) is 5.75 Å². The molecule has 2 N–H and O–H groups in total. The van der Waals surface area contributed by atoms with Gasteiger partial charge in [-0.1, -0.05) is 6.92 Å². The molecule has 7 heteroatoms. The molecule has 0 bridgehead atoms. The van der Waals surface area contributed by atoms with Gasteiger partial charge in [0.1, 0.15) is 11.4 Å². The summed E-state index contributed by atoms with van der Waals surface area (Å²) in [5.74, 6) is 1.12. The van der Waals surface area contributed by atoms with E-state index in [1.165, 1.54) is 0 Å². The molecule has 0 spiro atoms. The van der Waals surface area contributed by atoms with Crippen LogP contribution in [0.2, 0.25) is 0 Å². The van der Waals surface area contributed by atoms with Gasteiger partial charge in [0.2, 0.25) is 5.91 Å². The van der Waals surface area contributed by atoms with Crippen molar-refractivity contribution >= 4 is 22.7 Å². The van der Waals surface area contributed by atoms with Gasteiger partial charge in [-0.3, -0.25) is 9.59 Å². The number of H-pyrrole nitrogens is 1. The molecule has 0 radical (unpaired) electrons. The van der Waals surface area contributed by atoms with Crippen LogP contribution in [-0.4, -0.2) is 61.2 Å². The Morgan fingerprint density at radius 1 is 1.27 bits per heavy atom. The Labute approximate surface area is 177 Å². The molecular weight excluding hydrogens is 382 g/mol. The number of carbonyl (C=O) groups is 2. The number of nitrogens with one attached hydrogen (secondary N) is 2. The Balaban J connectivity index is 1.30. The van der Waals surface area contributed by atoms with Gasteiger partial charge >= 0.3 is 0 Å². The topological polar surface area (TPSA) is 83.7 Å². The van der Waals surface area contributed by atoms with Gasteiger partial charge in [0.15, 0.2) is 0 Å². The second kappa shape index (κ2) is 9.08. The largest absolute Gasteiger partial charge is 0.497 e. The van der Waals surface area contributed by atoms with Crippen molar-refractivity contribution in [1.82, 2.24) is 15.2 Å². The first kappa shape index (κ1) is 20.7. The van der Waals surface area contributed by atoms with Crippen LogP contribution in [0.4, 0.5) is 0 Å². The van der Waals surface area contributed by atoms with Crippen LogP contribution in [0.1, 0.15) is 43.1 Å². The quantitative estimate of drug-likeness (QED) is 0.763. The lowest BCUT2D eigenvalue weighted by molar-refractivity contribution is -0.127. The fourth-order valence-electron chi connectivity index (χ4n) is 4.52. The molecule has 7 nitrogen and oxygen atoms in total. The number of rotatable bonds is 6. The lowest BCUT2D eigenvalue weighted by Crippen LogP contribution is -2.43. The molecule has 2 saturated heterocycles. The molecule has 2 fully saturated rings. The molecule has 162 valence electrons. The number of amides is 2. The normalized spacial score (nSPS) is 21.0. The molecule has 4 rings (SSSR count). The minimum atomic E-state index is -0.0517. The average Bonchev–Trinajstić information content (AvgIpc) is 3.45. The molecule has 2 aromatic rings. The van der Waals surface area contributed by atoms with Crippen LogP contribution in [-0.2, 0) is 9.53 Å². The molecular formula is C23H31N3O4. The smallest absolute Gasteiger partial charge is 0.270 e. The number of hydrogen-bond donors (Lipinski definition) is 2. The van der Waals surface area contributed by atoms with Gasteiger partial charge in [-0.05, 0) is 49.8 Å². The minimum Gasteiger partial charge on any atom is -0.497 e. The van der Waals surface area contributed by atoms with Gasteiger partial charge in [-0.25, -0.2) is 0 Å². The molecule has 2 aliphatic heterocycles. The Kier molecular flexibility index (Phi) is 6.27. The summed E-state index contributed by atoms with van der Waals surface area (Å²) < 4.78 is 10.8. The standard InChI is InChI=1S/C23H31N3O4/c1-15(22(27)24-14-19-4-3-11-30-19)16-7-9-26(10-8-16)23(28)21-12-17-5-6-18(29-2)13-20(17)25-21/h5-6,12-13,15-16,19,25H,3-4,7-11,14H2,1-2H3,(H,24,27)/t15-,19-/m0/s1. The fraction of sp³-hybridized carbons (Fsp3) is 0.565. The van der Waals surface area contributed by atoms with Gasteiger partial charge in [0.25, 0.3) is 5.91 Å². The third kappa shape index (κ3) is 4.46. The highest BCUT2D eigenvalue weighted by atomic mass is 16.5. The first-order valence-corrected chi connectivity index (χ1v) is 10.9. The average molecular weight is 414 g/mol. The van der Waals surface area contributed by atoms with Crippen molar-refractivity contribution in [2.75, 3.05) is 33.4 Å². The monoisotopic (exact) mass is 413 g/mol. The lowest BCUT2D eigenvalue weighted by Gasteiger charge is -2.34. The van der Waals surface area contributed by atoms with Gasteiger partial charge in [0.05, 0.1) is 13.2 Å². The Morgan fingerprint density at radius 3 is 2.77 bits per heavy atom. The third-order valence-corrected chi connectivity index (χ3v) is 6.54. The number of aromatic nitrogens is 1.